The third-order valence-electron chi connectivity index (χ3n) is 3.00. The minimum Gasteiger partial charge on any atom is -0.367 e. The highest BCUT2D eigenvalue weighted by atomic mass is 35.5. The summed E-state index contributed by atoms with van der Waals surface area (Å²) in [7, 11) is 0. The van der Waals surface area contributed by atoms with Crippen molar-refractivity contribution in [2.75, 3.05) is 10.8 Å². The minimum atomic E-state index is -0.654. The number of amidine groups is 1. The molecular weight excluding hydrogens is 345 g/mol. The van der Waals surface area contributed by atoms with Crippen molar-refractivity contribution in [1.82, 2.24) is 30.5 Å². The fraction of sp³-hybridized carbons (Fsp3) is 0.0909. The van der Waals surface area contributed by atoms with Gasteiger partial charge in [0.2, 0.25) is 5.95 Å². The van der Waals surface area contributed by atoms with Crippen molar-refractivity contribution < 1.29 is 14.2 Å². The third kappa shape index (κ3) is 2.87. The summed E-state index contributed by atoms with van der Waals surface area (Å²) in [5.74, 6) is -1.10. The van der Waals surface area contributed by atoms with Crippen LogP contribution >= 0.6 is 11.6 Å². The van der Waals surface area contributed by atoms with Gasteiger partial charge in [-0.15, -0.1) is 0 Å². The number of tetrazole rings is 1. The van der Waals surface area contributed by atoms with E-state index in [9.17, 15) is 9.60 Å². The molecule has 0 aliphatic rings. The fourth-order valence-corrected chi connectivity index (χ4v) is 1.98. The van der Waals surface area contributed by atoms with Gasteiger partial charge >= 0.3 is 0 Å². The van der Waals surface area contributed by atoms with E-state index in [1.54, 1.807) is 0 Å². The van der Waals surface area contributed by atoms with Crippen LogP contribution in [0.2, 0.25) is 5.02 Å². The molecule has 13 heteroatoms. The van der Waals surface area contributed by atoms with Gasteiger partial charge in [0.05, 0.1) is 17.3 Å². The van der Waals surface area contributed by atoms with Gasteiger partial charge in [-0.3, -0.25) is 10.6 Å². The van der Waals surface area contributed by atoms with E-state index in [-0.39, 0.29) is 34.6 Å². The molecule has 0 bridgehead atoms. The molecule has 0 saturated heterocycles. The molecule has 0 saturated carbocycles. The van der Waals surface area contributed by atoms with E-state index in [0.717, 1.165) is 12.1 Å². The second kappa shape index (κ2) is 6.17. The van der Waals surface area contributed by atoms with E-state index >= 15 is 0 Å². The number of rotatable bonds is 4. The number of nitrogen functional groups attached to an aromatic ring is 1. The molecule has 11 nitrogen and oxygen atoms in total. The van der Waals surface area contributed by atoms with E-state index in [4.69, 9.17) is 22.7 Å². The van der Waals surface area contributed by atoms with Crippen molar-refractivity contribution in [2.45, 2.75) is 6.54 Å². The number of benzene rings is 1. The quantitative estimate of drug-likeness (QED) is 0.349. The van der Waals surface area contributed by atoms with Crippen molar-refractivity contribution in [1.29, 1.82) is 5.41 Å². The Labute approximate surface area is 137 Å². The molecule has 0 spiro atoms. The van der Waals surface area contributed by atoms with Crippen molar-refractivity contribution in [2.24, 2.45) is 0 Å². The second-order valence-electron chi connectivity index (χ2n) is 4.51. The summed E-state index contributed by atoms with van der Waals surface area (Å²) >= 11 is 5.66. The predicted octanol–water partition coefficient (Wildman–Crippen LogP) is 0.700. The van der Waals surface area contributed by atoms with Gasteiger partial charge in [0.15, 0.2) is 11.5 Å². The molecule has 2 aromatic heterocycles. The summed E-state index contributed by atoms with van der Waals surface area (Å²) in [4.78, 5) is 0. The maximum absolute atomic E-state index is 13.2. The molecule has 0 fully saturated rings. The topological polar surface area (TPSA) is 156 Å². The lowest BCUT2D eigenvalue weighted by atomic mass is 10.2. The van der Waals surface area contributed by atoms with Crippen LogP contribution in [0.5, 0.6) is 0 Å². The zero-order valence-corrected chi connectivity index (χ0v) is 12.5. The van der Waals surface area contributed by atoms with Gasteiger partial charge < -0.3 is 5.73 Å². The highest BCUT2D eigenvalue weighted by Crippen LogP contribution is 2.23. The van der Waals surface area contributed by atoms with Crippen LogP contribution in [0.15, 0.2) is 22.8 Å². The van der Waals surface area contributed by atoms with Crippen molar-refractivity contribution >= 4 is 29.1 Å². The van der Waals surface area contributed by atoms with Gasteiger partial charge in [-0.25, -0.2) is 18.8 Å². The molecule has 4 N–H and O–H groups in total. The van der Waals surface area contributed by atoms with Crippen molar-refractivity contribution in [3.63, 3.8) is 0 Å². The lowest BCUT2D eigenvalue weighted by molar-refractivity contribution is 0.297. The Morgan fingerprint density at radius 3 is 2.92 bits per heavy atom. The van der Waals surface area contributed by atoms with Crippen LogP contribution in [0.25, 0.3) is 0 Å². The maximum atomic E-state index is 13.2. The molecule has 0 aliphatic heterocycles. The van der Waals surface area contributed by atoms with Gasteiger partial charge in [-0.05, 0) is 33.8 Å². The van der Waals surface area contributed by atoms with Crippen LogP contribution in [0, 0.1) is 11.2 Å². The highest BCUT2D eigenvalue weighted by Gasteiger charge is 2.22. The van der Waals surface area contributed by atoms with Gasteiger partial charge in [-0.1, -0.05) is 21.9 Å². The number of hydrogen-bond acceptors (Lipinski definition) is 9. The van der Waals surface area contributed by atoms with Crippen LogP contribution in [0.4, 0.5) is 16.0 Å². The molecule has 0 amide bonds. The Morgan fingerprint density at radius 1 is 1.46 bits per heavy atom. The maximum Gasteiger partial charge on any atom is 0.240 e. The molecule has 0 aliphatic carbocycles. The zero-order chi connectivity index (χ0) is 17.3. The summed E-state index contributed by atoms with van der Waals surface area (Å²) in [6.45, 7) is -0.0297. The van der Waals surface area contributed by atoms with Gasteiger partial charge in [0.25, 0.3) is 0 Å². The third-order valence-corrected chi connectivity index (χ3v) is 3.29. The molecular formula is C11H9ClFN9O2. The first-order chi connectivity index (χ1) is 11.5. The minimum absolute atomic E-state index is 0.0293. The molecule has 2 heterocycles. The van der Waals surface area contributed by atoms with Crippen LogP contribution in [-0.2, 0) is 6.54 Å². The summed E-state index contributed by atoms with van der Waals surface area (Å²) in [5.41, 5.74) is 5.69. The van der Waals surface area contributed by atoms with Crippen LogP contribution in [0.1, 0.15) is 11.4 Å². The number of anilines is 2. The van der Waals surface area contributed by atoms with Gasteiger partial charge in [0.1, 0.15) is 11.5 Å². The van der Waals surface area contributed by atoms with Crippen LogP contribution < -0.4 is 10.8 Å². The standard InChI is InChI=1S/C11H9ClFN9O2/c12-6-3-5(1-2-7(6)13)22(23)10(14)9-8(17-24-18-9)4-21-11(15)16-19-20-21/h1-3,14,23H,4H2,(H2,15,16,20). The van der Waals surface area contributed by atoms with Crippen LogP contribution in [-0.4, -0.2) is 41.6 Å². The molecule has 24 heavy (non-hydrogen) atoms. The molecule has 124 valence electrons. The smallest absolute Gasteiger partial charge is 0.240 e. The first-order valence-corrected chi connectivity index (χ1v) is 6.71. The number of nitrogens with one attached hydrogen (secondary N) is 1. The Morgan fingerprint density at radius 2 is 2.25 bits per heavy atom. The Balaban J connectivity index is 1.86. The normalized spacial score (nSPS) is 10.8. The van der Waals surface area contributed by atoms with Crippen molar-refractivity contribution in [3.8, 4) is 0 Å². The SMILES string of the molecule is N=C(c1nonc1Cn1nnnc1N)N(O)c1ccc(F)c(Cl)c1. The average molecular weight is 354 g/mol. The summed E-state index contributed by atoms with van der Waals surface area (Å²) < 4.78 is 19.0. The Hall–Kier alpha value is -3.12. The Kier molecular flexibility index (Phi) is 4.05. The first-order valence-electron chi connectivity index (χ1n) is 6.33. The average Bonchev–Trinajstić information content (AvgIpc) is 3.19. The number of hydroxylamine groups is 1. The van der Waals surface area contributed by atoms with E-state index in [1.165, 1.54) is 10.7 Å². The molecule has 3 aromatic rings. The highest BCUT2D eigenvalue weighted by molar-refractivity contribution is 6.31. The zero-order valence-electron chi connectivity index (χ0n) is 11.8. The van der Waals surface area contributed by atoms with E-state index in [1.807, 2.05) is 0 Å². The molecule has 0 radical (unpaired) electrons. The largest absolute Gasteiger partial charge is 0.367 e. The number of nitrogens with zero attached hydrogens (tertiary/aromatic N) is 7. The van der Waals surface area contributed by atoms with Crippen molar-refractivity contribution in [3.05, 3.63) is 40.4 Å². The van der Waals surface area contributed by atoms with Gasteiger partial charge in [0, 0.05) is 0 Å². The second-order valence-corrected chi connectivity index (χ2v) is 4.92. The lowest BCUT2D eigenvalue weighted by Crippen LogP contribution is -2.28. The number of halogens is 2. The van der Waals surface area contributed by atoms with E-state index in [2.05, 4.69) is 30.5 Å². The Bertz CT molecular complexity index is 895. The van der Waals surface area contributed by atoms with E-state index in [0.29, 0.717) is 5.06 Å². The molecule has 0 atom stereocenters. The predicted molar refractivity (Wildman–Crippen MR) is 78.1 cm³/mol. The fourth-order valence-electron chi connectivity index (χ4n) is 1.80. The lowest BCUT2D eigenvalue weighted by Gasteiger charge is -2.16. The molecule has 1 aromatic carbocycles. The first kappa shape index (κ1) is 15.8. The summed E-state index contributed by atoms with van der Waals surface area (Å²) in [6.07, 6.45) is 0. The number of hydrogen-bond donors (Lipinski definition) is 3. The van der Waals surface area contributed by atoms with Gasteiger partial charge in [-0.2, -0.15) is 0 Å². The molecule has 0 unspecified atom stereocenters. The monoisotopic (exact) mass is 353 g/mol. The number of nitrogens with two attached hydrogens (primary N) is 1. The van der Waals surface area contributed by atoms with Crippen LogP contribution in [0.3, 0.4) is 0 Å². The summed E-state index contributed by atoms with van der Waals surface area (Å²) in [6, 6.07) is 3.44. The van der Waals surface area contributed by atoms with E-state index < -0.39 is 11.7 Å². The molecule has 3 rings (SSSR count). The summed E-state index contributed by atoms with van der Waals surface area (Å²) in [5, 5.41) is 36.1. The number of aromatic nitrogens is 6.